The summed E-state index contributed by atoms with van der Waals surface area (Å²) in [5.41, 5.74) is 3.14. The molecule has 1 amide bonds. The van der Waals surface area contributed by atoms with Crippen LogP contribution in [0, 0.1) is 13.8 Å². The number of Topliss-reactive ketones (excluding diaryl/α,β-unsaturated/α-hetero) is 2. The van der Waals surface area contributed by atoms with E-state index in [0.29, 0.717) is 16.8 Å². The van der Waals surface area contributed by atoms with Crippen LogP contribution in [0.25, 0.3) is 0 Å². The maximum Gasteiger partial charge on any atom is 0.307 e. The quantitative estimate of drug-likeness (QED) is 0.538. The molecular formula is C23H25NO5. The molecule has 6 nitrogen and oxygen atoms in total. The van der Waals surface area contributed by atoms with Gasteiger partial charge in [-0.3, -0.25) is 19.2 Å². The molecule has 2 aromatic rings. The van der Waals surface area contributed by atoms with E-state index < -0.39 is 18.0 Å². The van der Waals surface area contributed by atoms with Gasteiger partial charge in [-0.25, -0.2) is 0 Å². The van der Waals surface area contributed by atoms with Crippen LogP contribution >= 0.6 is 0 Å². The zero-order chi connectivity index (χ0) is 21.6. The summed E-state index contributed by atoms with van der Waals surface area (Å²) in [6.45, 7) is 6.59. The van der Waals surface area contributed by atoms with Gasteiger partial charge in [0.1, 0.15) is 0 Å². The molecule has 0 saturated carbocycles. The van der Waals surface area contributed by atoms with Crippen LogP contribution in [0.15, 0.2) is 42.5 Å². The van der Waals surface area contributed by atoms with E-state index in [-0.39, 0.29) is 24.4 Å². The van der Waals surface area contributed by atoms with Gasteiger partial charge in [0.05, 0.1) is 12.1 Å². The van der Waals surface area contributed by atoms with E-state index in [0.717, 1.165) is 11.1 Å². The van der Waals surface area contributed by atoms with Crippen molar-refractivity contribution in [2.75, 3.05) is 5.32 Å². The summed E-state index contributed by atoms with van der Waals surface area (Å²) in [6.07, 6.45) is -1.17. The number of carbonyl (C=O) groups is 4. The van der Waals surface area contributed by atoms with Gasteiger partial charge in [0.2, 0.25) is 0 Å². The van der Waals surface area contributed by atoms with E-state index in [1.165, 1.54) is 13.8 Å². The summed E-state index contributed by atoms with van der Waals surface area (Å²) in [4.78, 5) is 48.4. The predicted molar refractivity (Wildman–Crippen MR) is 110 cm³/mol. The third kappa shape index (κ3) is 6.10. The molecule has 0 aliphatic carbocycles. The Balaban J connectivity index is 1.90. The molecule has 2 rings (SSSR count). The van der Waals surface area contributed by atoms with Gasteiger partial charge in [-0.1, -0.05) is 29.8 Å². The fraction of sp³-hybridized carbons (Fsp3) is 0.304. The van der Waals surface area contributed by atoms with E-state index in [1.807, 2.05) is 26.0 Å². The highest BCUT2D eigenvalue weighted by atomic mass is 16.5. The fourth-order valence-electron chi connectivity index (χ4n) is 2.83. The number of hydrogen-bond donors (Lipinski definition) is 1. The molecule has 0 spiro atoms. The van der Waals surface area contributed by atoms with E-state index in [1.54, 1.807) is 30.3 Å². The van der Waals surface area contributed by atoms with Gasteiger partial charge in [-0.05, 0) is 51.5 Å². The maximum atomic E-state index is 12.4. The molecule has 0 aromatic heterocycles. The maximum absolute atomic E-state index is 12.4. The largest absolute Gasteiger partial charge is 0.453 e. The SMILES string of the molecule is CC(=O)c1ccccc1NC(=O)[C@@H](C)OC(=O)CCC(=O)c1cc(C)ccc1C. The van der Waals surface area contributed by atoms with Gasteiger partial charge in [-0.2, -0.15) is 0 Å². The molecule has 6 heteroatoms. The third-order valence-corrected chi connectivity index (χ3v) is 4.49. The standard InChI is InChI=1S/C23H25NO5/c1-14-9-10-15(2)19(13-14)21(26)11-12-22(27)29-17(4)23(28)24-20-8-6-5-7-18(20)16(3)25/h5-10,13,17H,11-12H2,1-4H3,(H,24,28)/t17-/m1/s1. The number of hydrogen-bond acceptors (Lipinski definition) is 5. The summed E-state index contributed by atoms with van der Waals surface area (Å²) in [6, 6.07) is 12.2. The number of nitrogens with one attached hydrogen (secondary N) is 1. The zero-order valence-corrected chi connectivity index (χ0v) is 17.1. The second-order valence-corrected chi connectivity index (χ2v) is 6.96. The number of rotatable bonds is 8. The van der Waals surface area contributed by atoms with Gasteiger partial charge in [0, 0.05) is 17.5 Å². The highest BCUT2D eigenvalue weighted by Crippen LogP contribution is 2.17. The van der Waals surface area contributed by atoms with Crippen molar-refractivity contribution in [1.29, 1.82) is 0 Å². The van der Waals surface area contributed by atoms with Gasteiger partial charge >= 0.3 is 5.97 Å². The molecule has 29 heavy (non-hydrogen) atoms. The first-order chi connectivity index (χ1) is 13.7. The molecule has 152 valence electrons. The van der Waals surface area contributed by atoms with Crippen molar-refractivity contribution >= 4 is 29.1 Å². The van der Waals surface area contributed by atoms with Crippen LogP contribution in [0.2, 0.25) is 0 Å². The topological polar surface area (TPSA) is 89.5 Å². The summed E-state index contributed by atoms with van der Waals surface area (Å²) >= 11 is 0. The third-order valence-electron chi connectivity index (χ3n) is 4.49. The average molecular weight is 395 g/mol. The number of amides is 1. The lowest BCUT2D eigenvalue weighted by Crippen LogP contribution is -2.30. The minimum Gasteiger partial charge on any atom is -0.453 e. The molecule has 0 aliphatic rings. The molecule has 1 N–H and O–H groups in total. The summed E-state index contributed by atoms with van der Waals surface area (Å²) in [5.74, 6) is -1.51. The number of ether oxygens (including phenoxy) is 1. The Morgan fingerprint density at radius 1 is 0.966 bits per heavy atom. The minimum absolute atomic E-state index is 0.00460. The van der Waals surface area contributed by atoms with Gasteiger partial charge in [0.15, 0.2) is 17.7 Å². The first-order valence-corrected chi connectivity index (χ1v) is 9.39. The molecule has 0 radical (unpaired) electrons. The smallest absolute Gasteiger partial charge is 0.307 e. The number of aryl methyl sites for hydroxylation is 2. The predicted octanol–water partition coefficient (Wildman–Crippen LogP) is 4.04. The van der Waals surface area contributed by atoms with Gasteiger partial charge in [0.25, 0.3) is 5.91 Å². The lowest BCUT2D eigenvalue weighted by atomic mass is 9.99. The zero-order valence-electron chi connectivity index (χ0n) is 17.1. The van der Waals surface area contributed by atoms with Crippen LogP contribution in [0.5, 0.6) is 0 Å². The summed E-state index contributed by atoms with van der Waals surface area (Å²) < 4.78 is 5.14. The normalized spacial score (nSPS) is 11.4. The Kier molecular flexibility index (Phi) is 7.42. The second kappa shape index (κ2) is 9.78. The van der Waals surface area contributed by atoms with Crippen LogP contribution in [-0.2, 0) is 14.3 Å². The van der Waals surface area contributed by atoms with Crippen LogP contribution in [0.1, 0.15) is 58.5 Å². The molecule has 0 saturated heterocycles. The Bertz CT molecular complexity index is 948. The van der Waals surface area contributed by atoms with Crippen LogP contribution in [0.3, 0.4) is 0 Å². The average Bonchev–Trinajstić information content (AvgIpc) is 2.68. The lowest BCUT2D eigenvalue weighted by Gasteiger charge is -2.15. The highest BCUT2D eigenvalue weighted by molar-refractivity contribution is 6.05. The Labute approximate surface area is 170 Å². The molecule has 0 unspecified atom stereocenters. The highest BCUT2D eigenvalue weighted by Gasteiger charge is 2.20. The van der Waals surface area contributed by atoms with Crippen molar-refractivity contribution in [2.24, 2.45) is 0 Å². The monoisotopic (exact) mass is 395 g/mol. The van der Waals surface area contributed by atoms with Crippen LogP contribution in [-0.4, -0.2) is 29.5 Å². The number of para-hydroxylation sites is 1. The molecule has 0 aliphatic heterocycles. The Morgan fingerprint density at radius 2 is 1.66 bits per heavy atom. The van der Waals surface area contributed by atoms with E-state index in [9.17, 15) is 19.2 Å². The molecule has 2 aromatic carbocycles. The molecule has 0 fully saturated rings. The molecule has 1 atom stereocenters. The number of carbonyl (C=O) groups excluding carboxylic acids is 4. The Hall–Kier alpha value is -3.28. The van der Waals surface area contributed by atoms with E-state index in [4.69, 9.17) is 4.74 Å². The first-order valence-electron chi connectivity index (χ1n) is 9.39. The van der Waals surface area contributed by atoms with Crippen molar-refractivity contribution < 1.29 is 23.9 Å². The summed E-state index contributed by atoms with van der Waals surface area (Å²) in [5, 5.41) is 2.60. The van der Waals surface area contributed by atoms with Crippen molar-refractivity contribution in [1.82, 2.24) is 0 Å². The number of ketones is 2. The minimum atomic E-state index is -1.06. The van der Waals surface area contributed by atoms with Crippen molar-refractivity contribution in [3.8, 4) is 0 Å². The van der Waals surface area contributed by atoms with Crippen LogP contribution < -0.4 is 5.32 Å². The molecule has 0 bridgehead atoms. The van der Waals surface area contributed by atoms with Crippen LogP contribution in [0.4, 0.5) is 5.69 Å². The van der Waals surface area contributed by atoms with Crippen molar-refractivity contribution in [3.63, 3.8) is 0 Å². The number of benzene rings is 2. The number of anilines is 1. The van der Waals surface area contributed by atoms with Crippen molar-refractivity contribution in [3.05, 3.63) is 64.7 Å². The van der Waals surface area contributed by atoms with Gasteiger partial charge < -0.3 is 10.1 Å². The molecule has 0 heterocycles. The first kappa shape index (κ1) is 22.0. The lowest BCUT2D eigenvalue weighted by molar-refractivity contribution is -0.153. The van der Waals surface area contributed by atoms with Crippen molar-refractivity contribution in [2.45, 2.75) is 46.6 Å². The summed E-state index contributed by atoms with van der Waals surface area (Å²) in [7, 11) is 0. The van der Waals surface area contributed by atoms with Gasteiger partial charge in [-0.15, -0.1) is 0 Å². The fourth-order valence-corrected chi connectivity index (χ4v) is 2.83. The second-order valence-electron chi connectivity index (χ2n) is 6.96. The van der Waals surface area contributed by atoms with E-state index >= 15 is 0 Å². The van der Waals surface area contributed by atoms with E-state index in [2.05, 4.69) is 5.32 Å². The Morgan fingerprint density at radius 3 is 2.34 bits per heavy atom. The molecular weight excluding hydrogens is 370 g/mol. The number of esters is 1.